The van der Waals surface area contributed by atoms with Gasteiger partial charge in [-0.15, -0.1) is 0 Å². The summed E-state index contributed by atoms with van der Waals surface area (Å²) in [6.45, 7) is -0.637. The highest BCUT2D eigenvalue weighted by atomic mass is 35.5. The average molecular weight is 363 g/mol. The lowest BCUT2D eigenvalue weighted by Gasteiger charge is -2.08. The summed E-state index contributed by atoms with van der Waals surface area (Å²) in [6.07, 6.45) is 0. The zero-order valence-corrected chi connectivity index (χ0v) is 13.7. The van der Waals surface area contributed by atoms with Crippen LogP contribution in [0, 0.1) is 0 Å². The van der Waals surface area contributed by atoms with Crippen molar-refractivity contribution in [3.05, 3.63) is 59.1 Å². The van der Waals surface area contributed by atoms with Crippen molar-refractivity contribution >= 4 is 35.1 Å². The number of ether oxygens (including phenoxy) is 1. The Labute approximate surface area is 148 Å². The van der Waals surface area contributed by atoms with Gasteiger partial charge >= 0.3 is 5.97 Å². The summed E-state index contributed by atoms with van der Waals surface area (Å²) in [6, 6.07) is 12.7. The third-order valence-electron chi connectivity index (χ3n) is 3.01. The van der Waals surface area contributed by atoms with Crippen LogP contribution in [0.25, 0.3) is 0 Å². The minimum Gasteiger partial charge on any atom is -0.484 e. The molecule has 0 atom stereocenters. The first-order valence-electron chi connectivity index (χ1n) is 7.22. The van der Waals surface area contributed by atoms with Crippen LogP contribution in [0.2, 0.25) is 5.02 Å². The number of anilines is 1. The van der Waals surface area contributed by atoms with E-state index in [0.29, 0.717) is 16.5 Å². The zero-order valence-electron chi connectivity index (χ0n) is 13.0. The quantitative estimate of drug-likeness (QED) is 0.700. The summed E-state index contributed by atoms with van der Waals surface area (Å²) in [4.78, 5) is 33.9. The van der Waals surface area contributed by atoms with E-state index in [0.717, 1.165) is 0 Å². The zero-order chi connectivity index (χ0) is 18.2. The molecule has 8 heteroatoms. The van der Waals surface area contributed by atoms with Crippen LogP contribution in [-0.4, -0.2) is 36.0 Å². The highest BCUT2D eigenvalue weighted by Gasteiger charge is 2.08. The lowest BCUT2D eigenvalue weighted by Crippen LogP contribution is -2.29. The number of amides is 2. The smallest absolute Gasteiger partial charge is 0.322 e. The summed E-state index contributed by atoms with van der Waals surface area (Å²) in [5, 5.41) is 14.0. The second kappa shape index (κ2) is 8.70. The van der Waals surface area contributed by atoms with Crippen LogP contribution < -0.4 is 15.4 Å². The lowest BCUT2D eigenvalue weighted by molar-refractivity contribution is -0.135. The molecule has 0 aromatic heterocycles. The first-order valence-corrected chi connectivity index (χ1v) is 7.60. The molecule has 0 aliphatic heterocycles. The van der Waals surface area contributed by atoms with Crippen LogP contribution in [0.1, 0.15) is 10.4 Å². The van der Waals surface area contributed by atoms with Gasteiger partial charge < -0.3 is 20.5 Å². The van der Waals surface area contributed by atoms with Crippen molar-refractivity contribution < 1.29 is 24.2 Å². The van der Waals surface area contributed by atoms with Crippen LogP contribution >= 0.6 is 11.6 Å². The Morgan fingerprint density at radius 2 is 1.64 bits per heavy atom. The van der Waals surface area contributed by atoms with Crippen LogP contribution in [0.15, 0.2) is 48.5 Å². The predicted molar refractivity (Wildman–Crippen MR) is 92.0 cm³/mol. The van der Waals surface area contributed by atoms with Gasteiger partial charge in [0.05, 0.1) is 0 Å². The van der Waals surface area contributed by atoms with Crippen LogP contribution in [0.4, 0.5) is 5.69 Å². The van der Waals surface area contributed by atoms with Crippen LogP contribution in [-0.2, 0) is 9.59 Å². The molecule has 0 unspecified atom stereocenters. The van der Waals surface area contributed by atoms with Gasteiger partial charge in [0.2, 0.25) is 0 Å². The molecule has 0 spiro atoms. The maximum atomic E-state index is 11.8. The Morgan fingerprint density at radius 1 is 1.00 bits per heavy atom. The number of hydrogen-bond donors (Lipinski definition) is 3. The average Bonchev–Trinajstić information content (AvgIpc) is 2.60. The maximum Gasteiger partial charge on any atom is 0.322 e. The molecule has 130 valence electrons. The third-order valence-corrected chi connectivity index (χ3v) is 3.27. The molecule has 2 amide bonds. The van der Waals surface area contributed by atoms with Crippen LogP contribution in [0.5, 0.6) is 5.75 Å². The molecule has 0 aliphatic carbocycles. The van der Waals surface area contributed by atoms with Gasteiger partial charge in [0.25, 0.3) is 11.8 Å². The van der Waals surface area contributed by atoms with Gasteiger partial charge in [-0.25, -0.2) is 0 Å². The normalized spacial score (nSPS) is 9.96. The fourth-order valence-electron chi connectivity index (χ4n) is 1.84. The van der Waals surface area contributed by atoms with E-state index in [4.69, 9.17) is 21.4 Å². The van der Waals surface area contributed by atoms with Crippen molar-refractivity contribution in [2.24, 2.45) is 0 Å². The molecule has 0 saturated heterocycles. The second-order valence-electron chi connectivity index (χ2n) is 4.94. The Bertz CT molecular complexity index is 760. The predicted octanol–water partition coefficient (Wildman–Crippen LogP) is 2.17. The molecule has 0 aliphatic rings. The fraction of sp³-hybridized carbons (Fsp3) is 0.118. The van der Waals surface area contributed by atoms with E-state index in [1.807, 2.05) is 0 Å². The van der Waals surface area contributed by atoms with Crippen molar-refractivity contribution in [1.29, 1.82) is 0 Å². The standard InChI is InChI=1S/C17H15ClN2O5/c18-12-3-7-14(8-4-12)25-10-15(21)20-13-5-1-11(2-6-13)17(24)19-9-16(22)23/h1-8H,9-10H2,(H,19,24)(H,20,21)(H,22,23). The van der Waals surface area contributed by atoms with Crippen molar-refractivity contribution in [3.8, 4) is 5.75 Å². The van der Waals surface area contributed by atoms with E-state index in [2.05, 4.69) is 10.6 Å². The first kappa shape index (κ1) is 18.3. The Morgan fingerprint density at radius 3 is 2.24 bits per heavy atom. The molecule has 2 aromatic carbocycles. The molecule has 25 heavy (non-hydrogen) atoms. The molecule has 7 nitrogen and oxygen atoms in total. The van der Waals surface area contributed by atoms with E-state index in [1.165, 1.54) is 24.3 Å². The lowest BCUT2D eigenvalue weighted by atomic mass is 10.2. The molecule has 0 radical (unpaired) electrons. The van der Waals surface area contributed by atoms with Gasteiger partial charge in [-0.1, -0.05) is 11.6 Å². The number of carboxylic acids is 1. The summed E-state index contributed by atoms with van der Waals surface area (Å²) in [5.74, 6) is -1.48. The highest BCUT2D eigenvalue weighted by Crippen LogP contribution is 2.15. The molecule has 3 N–H and O–H groups in total. The van der Waals surface area contributed by atoms with Gasteiger partial charge in [-0.2, -0.15) is 0 Å². The molecule has 0 saturated carbocycles. The molecule has 2 aromatic rings. The largest absolute Gasteiger partial charge is 0.484 e. The summed E-state index contributed by atoms with van der Waals surface area (Å²) >= 11 is 5.76. The monoisotopic (exact) mass is 362 g/mol. The molecule has 0 bridgehead atoms. The number of carboxylic acid groups (broad SMARTS) is 1. The van der Waals surface area contributed by atoms with Crippen LogP contribution in [0.3, 0.4) is 0 Å². The van der Waals surface area contributed by atoms with Crippen molar-refractivity contribution in [3.63, 3.8) is 0 Å². The molecular weight excluding hydrogens is 348 g/mol. The number of halogens is 1. The van der Waals surface area contributed by atoms with Gasteiger partial charge in [-0.3, -0.25) is 14.4 Å². The van der Waals surface area contributed by atoms with Crippen molar-refractivity contribution in [2.75, 3.05) is 18.5 Å². The topological polar surface area (TPSA) is 105 Å². The minimum atomic E-state index is -1.13. The third kappa shape index (κ3) is 6.15. The van der Waals surface area contributed by atoms with Crippen molar-refractivity contribution in [2.45, 2.75) is 0 Å². The number of benzene rings is 2. The molecular formula is C17H15ClN2O5. The number of aliphatic carboxylic acids is 1. The summed E-state index contributed by atoms with van der Waals surface area (Å²) in [7, 11) is 0. The Balaban J connectivity index is 1.83. The van der Waals surface area contributed by atoms with E-state index in [9.17, 15) is 14.4 Å². The fourth-order valence-corrected chi connectivity index (χ4v) is 1.97. The first-order chi connectivity index (χ1) is 11.9. The molecule has 2 rings (SSSR count). The Kier molecular flexibility index (Phi) is 6.36. The van der Waals surface area contributed by atoms with Crippen molar-refractivity contribution in [1.82, 2.24) is 5.32 Å². The van der Waals surface area contributed by atoms with E-state index in [1.54, 1.807) is 24.3 Å². The molecule has 0 heterocycles. The van der Waals surface area contributed by atoms with E-state index >= 15 is 0 Å². The number of rotatable bonds is 7. The number of nitrogens with one attached hydrogen (secondary N) is 2. The summed E-state index contributed by atoms with van der Waals surface area (Å²) < 4.78 is 5.32. The SMILES string of the molecule is O=C(O)CNC(=O)c1ccc(NC(=O)COc2ccc(Cl)cc2)cc1. The van der Waals surface area contributed by atoms with E-state index < -0.39 is 18.4 Å². The highest BCUT2D eigenvalue weighted by molar-refractivity contribution is 6.30. The van der Waals surface area contributed by atoms with Gasteiger partial charge in [-0.05, 0) is 48.5 Å². The van der Waals surface area contributed by atoms with Gasteiger partial charge in [0.1, 0.15) is 12.3 Å². The second-order valence-corrected chi connectivity index (χ2v) is 5.38. The number of carbonyl (C=O) groups excluding carboxylic acids is 2. The summed E-state index contributed by atoms with van der Waals surface area (Å²) in [5.41, 5.74) is 0.774. The number of hydrogen-bond acceptors (Lipinski definition) is 4. The molecule has 0 fully saturated rings. The maximum absolute atomic E-state index is 11.8. The van der Waals surface area contributed by atoms with E-state index in [-0.39, 0.29) is 18.1 Å². The van der Waals surface area contributed by atoms with Gasteiger partial charge in [0.15, 0.2) is 6.61 Å². The Hall–Kier alpha value is -3.06. The minimum absolute atomic E-state index is 0.178. The van der Waals surface area contributed by atoms with Gasteiger partial charge in [0, 0.05) is 16.3 Å². The number of carbonyl (C=O) groups is 3.